The molecule has 6 heteroatoms. The highest BCUT2D eigenvalue weighted by Gasteiger charge is 2.19. The van der Waals surface area contributed by atoms with Gasteiger partial charge < -0.3 is 4.57 Å². The topological polar surface area (TPSA) is 64.0 Å². The highest BCUT2D eigenvalue weighted by atomic mass is 32.2. The zero-order valence-corrected chi connectivity index (χ0v) is 13.9. The molecule has 1 aromatic heterocycles. The van der Waals surface area contributed by atoms with Crippen LogP contribution in [0.25, 0.3) is 0 Å². The molecule has 5 nitrogen and oxygen atoms in total. The molecule has 1 N–H and O–H groups in total. The van der Waals surface area contributed by atoms with E-state index in [0.717, 1.165) is 50.2 Å². The zero-order chi connectivity index (χ0) is 15.9. The number of rotatable bonds is 4. The van der Waals surface area contributed by atoms with Gasteiger partial charge in [0.2, 0.25) is 10.0 Å². The summed E-state index contributed by atoms with van der Waals surface area (Å²) >= 11 is 0. The van der Waals surface area contributed by atoms with Crippen LogP contribution in [0, 0.1) is 0 Å². The second kappa shape index (κ2) is 5.76. The average Bonchev–Trinajstić information content (AvgIpc) is 3.18. The molecule has 0 saturated carbocycles. The lowest BCUT2D eigenvalue weighted by Crippen LogP contribution is -2.23. The second-order valence-electron chi connectivity index (χ2n) is 6.41. The van der Waals surface area contributed by atoms with E-state index in [-0.39, 0.29) is 6.54 Å². The minimum Gasteiger partial charge on any atom is -0.335 e. The van der Waals surface area contributed by atoms with Gasteiger partial charge in [0.05, 0.1) is 17.1 Å². The first kappa shape index (κ1) is 14.9. The maximum absolute atomic E-state index is 12.5. The van der Waals surface area contributed by atoms with Crippen LogP contribution in [0.15, 0.2) is 29.3 Å². The molecule has 0 atom stereocenters. The summed E-state index contributed by atoms with van der Waals surface area (Å²) in [6.07, 6.45) is 8.44. The van der Waals surface area contributed by atoms with Crippen molar-refractivity contribution in [3.63, 3.8) is 0 Å². The lowest BCUT2D eigenvalue weighted by Gasteiger charge is -2.11. The normalized spacial score (nSPS) is 17.0. The molecule has 0 spiro atoms. The highest BCUT2D eigenvalue weighted by Crippen LogP contribution is 2.24. The van der Waals surface area contributed by atoms with Crippen LogP contribution < -0.4 is 4.72 Å². The first-order valence-electron chi connectivity index (χ1n) is 8.28. The fraction of sp³-hybridized carbons (Fsp3) is 0.471. The van der Waals surface area contributed by atoms with Gasteiger partial charge in [-0.05, 0) is 55.4 Å². The Morgan fingerprint density at radius 2 is 1.96 bits per heavy atom. The number of aromatic nitrogens is 2. The minimum absolute atomic E-state index is 0.249. The van der Waals surface area contributed by atoms with Gasteiger partial charge in [-0.15, -0.1) is 0 Å². The van der Waals surface area contributed by atoms with Crippen molar-refractivity contribution in [1.82, 2.24) is 14.3 Å². The lowest BCUT2D eigenvalue weighted by molar-refractivity contribution is 0.522. The van der Waals surface area contributed by atoms with E-state index in [9.17, 15) is 8.42 Å². The fourth-order valence-electron chi connectivity index (χ4n) is 3.52. The summed E-state index contributed by atoms with van der Waals surface area (Å²) in [4.78, 5) is 4.90. The van der Waals surface area contributed by atoms with Gasteiger partial charge in [-0.25, -0.2) is 18.1 Å². The Morgan fingerprint density at radius 3 is 2.83 bits per heavy atom. The van der Waals surface area contributed by atoms with Crippen LogP contribution in [-0.4, -0.2) is 18.0 Å². The summed E-state index contributed by atoms with van der Waals surface area (Å²) in [5.74, 6) is 1.07. The number of sulfonamides is 1. The Hall–Kier alpha value is -1.66. The SMILES string of the molecule is O=S(=O)(NCc1cn2c(n1)CCCC2)c1ccc2c(c1)CCC2. The van der Waals surface area contributed by atoms with Gasteiger partial charge in [0.15, 0.2) is 0 Å². The first-order valence-corrected chi connectivity index (χ1v) is 9.76. The van der Waals surface area contributed by atoms with Gasteiger partial charge in [-0.1, -0.05) is 6.07 Å². The smallest absolute Gasteiger partial charge is 0.240 e. The standard InChI is InChI=1S/C17H21N3O2S/c21-23(22,16-8-7-13-4-3-5-14(13)10-16)18-11-15-12-20-9-2-1-6-17(20)19-15/h7-8,10,12,18H,1-6,9,11H2. The average molecular weight is 331 g/mol. The summed E-state index contributed by atoms with van der Waals surface area (Å²) in [6.45, 7) is 1.24. The van der Waals surface area contributed by atoms with E-state index in [2.05, 4.69) is 14.3 Å². The molecule has 2 aromatic rings. The van der Waals surface area contributed by atoms with Gasteiger partial charge in [-0.3, -0.25) is 0 Å². The van der Waals surface area contributed by atoms with Crippen molar-refractivity contribution >= 4 is 10.0 Å². The van der Waals surface area contributed by atoms with E-state index < -0.39 is 10.0 Å². The quantitative estimate of drug-likeness (QED) is 0.934. The third kappa shape index (κ3) is 2.93. The van der Waals surface area contributed by atoms with E-state index in [1.807, 2.05) is 18.3 Å². The maximum Gasteiger partial charge on any atom is 0.240 e. The van der Waals surface area contributed by atoms with Crippen molar-refractivity contribution in [3.8, 4) is 0 Å². The van der Waals surface area contributed by atoms with Crippen LogP contribution in [-0.2, 0) is 42.4 Å². The van der Waals surface area contributed by atoms with Gasteiger partial charge >= 0.3 is 0 Å². The molecule has 1 aliphatic heterocycles. The Morgan fingerprint density at radius 1 is 1.09 bits per heavy atom. The van der Waals surface area contributed by atoms with E-state index in [1.54, 1.807) is 6.07 Å². The van der Waals surface area contributed by atoms with E-state index in [4.69, 9.17) is 0 Å². The third-order valence-electron chi connectivity index (χ3n) is 4.78. The molecule has 2 aliphatic rings. The highest BCUT2D eigenvalue weighted by molar-refractivity contribution is 7.89. The monoisotopic (exact) mass is 331 g/mol. The predicted molar refractivity (Wildman–Crippen MR) is 87.7 cm³/mol. The molecule has 122 valence electrons. The van der Waals surface area contributed by atoms with Gasteiger partial charge in [-0.2, -0.15) is 0 Å². The van der Waals surface area contributed by atoms with Crippen molar-refractivity contribution < 1.29 is 8.42 Å². The van der Waals surface area contributed by atoms with Gasteiger partial charge in [0.1, 0.15) is 5.82 Å². The van der Waals surface area contributed by atoms with Crippen molar-refractivity contribution in [3.05, 3.63) is 47.0 Å². The number of imidazole rings is 1. The van der Waals surface area contributed by atoms with E-state index in [1.165, 1.54) is 17.5 Å². The molecule has 0 amide bonds. The Kier molecular flexibility index (Phi) is 3.73. The zero-order valence-electron chi connectivity index (χ0n) is 13.1. The first-order chi connectivity index (χ1) is 11.1. The molecule has 4 rings (SSSR count). The summed E-state index contributed by atoms with van der Waals surface area (Å²) in [5, 5.41) is 0. The number of nitrogens with one attached hydrogen (secondary N) is 1. The predicted octanol–water partition coefficient (Wildman–Crippen LogP) is 2.19. The Balaban J connectivity index is 1.50. The van der Waals surface area contributed by atoms with Crippen molar-refractivity contribution in [1.29, 1.82) is 0 Å². The lowest BCUT2D eigenvalue weighted by atomic mass is 10.1. The molecule has 1 aromatic carbocycles. The van der Waals surface area contributed by atoms with Crippen LogP contribution in [0.4, 0.5) is 0 Å². The number of aryl methyl sites for hydroxylation is 4. The molecule has 2 heterocycles. The summed E-state index contributed by atoms with van der Waals surface area (Å²) < 4.78 is 29.8. The fourth-order valence-corrected chi connectivity index (χ4v) is 4.57. The van der Waals surface area contributed by atoms with Crippen molar-refractivity contribution in [2.45, 2.75) is 56.5 Å². The minimum atomic E-state index is -3.48. The van der Waals surface area contributed by atoms with E-state index in [0.29, 0.717) is 4.90 Å². The maximum atomic E-state index is 12.5. The Bertz CT molecular complexity index is 816. The molecule has 1 aliphatic carbocycles. The van der Waals surface area contributed by atoms with Crippen LogP contribution >= 0.6 is 0 Å². The molecule has 0 saturated heterocycles. The molecule has 0 bridgehead atoms. The largest absolute Gasteiger partial charge is 0.335 e. The van der Waals surface area contributed by atoms with Crippen molar-refractivity contribution in [2.24, 2.45) is 0 Å². The van der Waals surface area contributed by atoms with Crippen LogP contribution in [0.2, 0.25) is 0 Å². The summed E-state index contributed by atoms with van der Waals surface area (Å²) in [6, 6.07) is 5.49. The number of fused-ring (bicyclic) bond motifs is 2. The molecule has 23 heavy (non-hydrogen) atoms. The molecular weight excluding hydrogens is 310 g/mol. The summed E-state index contributed by atoms with van der Waals surface area (Å²) in [5.41, 5.74) is 3.25. The van der Waals surface area contributed by atoms with Crippen molar-refractivity contribution in [2.75, 3.05) is 0 Å². The number of benzene rings is 1. The number of hydrogen-bond acceptors (Lipinski definition) is 3. The third-order valence-corrected chi connectivity index (χ3v) is 6.18. The molecule has 0 fully saturated rings. The van der Waals surface area contributed by atoms with Gasteiger partial charge in [0.25, 0.3) is 0 Å². The number of nitrogens with zero attached hydrogens (tertiary/aromatic N) is 2. The molecular formula is C17H21N3O2S. The van der Waals surface area contributed by atoms with Crippen LogP contribution in [0.3, 0.4) is 0 Å². The van der Waals surface area contributed by atoms with Crippen LogP contribution in [0.5, 0.6) is 0 Å². The molecule has 0 radical (unpaired) electrons. The number of hydrogen-bond donors (Lipinski definition) is 1. The van der Waals surface area contributed by atoms with Crippen LogP contribution in [0.1, 0.15) is 41.9 Å². The van der Waals surface area contributed by atoms with E-state index >= 15 is 0 Å². The summed E-state index contributed by atoms with van der Waals surface area (Å²) in [7, 11) is -3.48. The Labute approximate surface area is 136 Å². The molecule has 0 unspecified atom stereocenters. The second-order valence-corrected chi connectivity index (χ2v) is 8.17. The van der Waals surface area contributed by atoms with Gasteiger partial charge in [0, 0.05) is 19.2 Å².